The molecule has 0 radical (unpaired) electrons. The number of likely N-dealkylation sites (tertiary alicyclic amines) is 1. The lowest BCUT2D eigenvalue weighted by Gasteiger charge is -2.25. The quantitative estimate of drug-likeness (QED) is 0.667. The van der Waals surface area contributed by atoms with E-state index in [0.717, 1.165) is 47.1 Å². The molecule has 2 aromatic rings. The third-order valence-electron chi connectivity index (χ3n) is 5.56. The number of halogens is 1. The number of hydrogen-bond acceptors (Lipinski definition) is 3. The number of carbonyl (C=O) groups is 2. The summed E-state index contributed by atoms with van der Waals surface area (Å²) in [5.74, 6) is -0.0326. The lowest BCUT2D eigenvalue weighted by Crippen LogP contribution is -2.32. The molecule has 2 amide bonds. The minimum absolute atomic E-state index is 0.0484. The van der Waals surface area contributed by atoms with E-state index in [-0.39, 0.29) is 30.7 Å². The van der Waals surface area contributed by atoms with Crippen LogP contribution in [0.15, 0.2) is 64.2 Å². The Morgan fingerprint density at radius 2 is 1.79 bits per heavy atom. The Balaban J connectivity index is 1.34. The molecule has 4 rings (SSSR count). The molecule has 2 heterocycles. The van der Waals surface area contributed by atoms with Crippen molar-refractivity contribution < 1.29 is 9.59 Å². The fraction of sp³-hybridized carbons (Fsp3) is 0.348. The number of amides is 2. The maximum absolute atomic E-state index is 12.8. The lowest BCUT2D eigenvalue weighted by atomic mass is 10.0. The second-order valence-corrected chi connectivity index (χ2v) is 8.40. The zero-order chi connectivity index (χ0) is 20.2. The van der Waals surface area contributed by atoms with E-state index < -0.39 is 0 Å². The summed E-state index contributed by atoms with van der Waals surface area (Å²) in [4.78, 5) is 27.3. The molecule has 1 unspecified atom stereocenters. The van der Waals surface area contributed by atoms with E-state index in [4.69, 9.17) is 0 Å². The van der Waals surface area contributed by atoms with Gasteiger partial charge in [0.2, 0.25) is 11.8 Å². The first-order valence-corrected chi connectivity index (χ1v) is 10.9. The van der Waals surface area contributed by atoms with E-state index in [2.05, 4.69) is 33.2 Å². The van der Waals surface area contributed by atoms with Gasteiger partial charge >= 0.3 is 0 Å². The predicted octanol–water partition coefficient (Wildman–Crippen LogP) is 4.53. The van der Waals surface area contributed by atoms with E-state index in [9.17, 15) is 9.59 Å². The van der Waals surface area contributed by atoms with Crippen LogP contribution in [0, 0.1) is 0 Å². The van der Waals surface area contributed by atoms with Crippen LogP contribution >= 0.6 is 15.9 Å². The zero-order valence-corrected chi connectivity index (χ0v) is 17.8. The van der Waals surface area contributed by atoms with Crippen LogP contribution in [-0.4, -0.2) is 40.5 Å². The van der Waals surface area contributed by atoms with Crippen LogP contribution in [0.5, 0.6) is 0 Å². The normalized spacial score (nSPS) is 18.8. The van der Waals surface area contributed by atoms with Gasteiger partial charge in [0.25, 0.3) is 0 Å². The maximum Gasteiger partial charge on any atom is 0.243 e. The van der Waals surface area contributed by atoms with Crippen molar-refractivity contribution in [1.82, 2.24) is 9.91 Å². The highest BCUT2D eigenvalue weighted by Crippen LogP contribution is 2.33. The van der Waals surface area contributed by atoms with Crippen LogP contribution in [0.2, 0.25) is 0 Å². The first-order valence-electron chi connectivity index (χ1n) is 10.1. The molecule has 29 heavy (non-hydrogen) atoms. The van der Waals surface area contributed by atoms with Crippen molar-refractivity contribution >= 4 is 33.5 Å². The smallest absolute Gasteiger partial charge is 0.243 e. The highest BCUT2D eigenvalue weighted by molar-refractivity contribution is 9.10. The van der Waals surface area contributed by atoms with E-state index >= 15 is 0 Å². The Kier molecular flexibility index (Phi) is 6.09. The first kappa shape index (κ1) is 19.8. The van der Waals surface area contributed by atoms with Gasteiger partial charge in [-0.1, -0.05) is 58.4 Å². The molecule has 0 bridgehead atoms. The van der Waals surface area contributed by atoms with E-state index in [0.29, 0.717) is 6.54 Å². The Labute approximate surface area is 179 Å². The Morgan fingerprint density at radius 1 is 1.00 bits per heavy atom. The van der Waals surface area contributed by atoms with Crippen molar-refractivity contribution in [2.24, 2.45) is 5.10 Å². The summed E-state index contributed by atoms with van der Waals surface area (Å²) in [6, 6.07) is 18.2. The molecule has 0 N–H and O–H groups in total. The monoisotopic (exact) mass is 453 g/mol. The summed E-state index contributed by atoms with van der Waals surface area (Å²) in [5, 5.41) is 6.00. The highest BCUT2D eigenvalue weighted by atomic mass is 79.9. The van der Waals surface area contributed by atoms with Crippen molar-refractivity contribution in [2.45, 2.75) is 38.1 Å². The molecule has 0 saturated carbocycles. The molecular formula is C23H24BrN3O2. The van der Waals surface area contributed by atoms with Crippen molar-refractivity contribution in [1.29, 1.82) is 0 Å². The van der Waals surface area contributed by atoms with Gasteiger partial charge in [-0.05, 0) is 36.1 Å². The summed E-state index contributed by atoms with van der Waals surface area (Å²) >= 11 is 3.51. The predicted molar refractivity (Wildman–Crippen MR) is 116 cm³/mol. The SMILES string of the molecule is O=C(CCC(=O)N1CCCC1c1cccc(Br)c1)N1CCC(c2ccccc2)=N1. The van der Waals surface area contributed by atoms with Crippen LogP contribution < -0.4 is 0 Å². The summed E-state index contributed by atoms with van der Waals surface area (Å²) in [7, 11) is 0. The van der Waals surface area contributed by atoms with Crippen LogP contribution in [0.4, 0.5) is 0 Å². The molecule has 1 atom stereocenters. The van der Waals surface area contributed by atoms with Crippen molar-refractivity contribution in [2.75, 3.05) is 13.1 Å². The van der Waals surface area contributed by atoms with Gasteiger partial charge in [-0.2, -0.15) is 5.10 Å². The van der Waals surface area contributed by atoms with Crippen molar-refractivity contribution in [3.8, 4) is 0 Å². The van der Waals surface area contributed by atoms with Gasteiger partial charge in [0.1, 0.15) is 0 Å². The zero-order valence-electron chi connectivity index (χ0n) is 16.3. The van der Waals surface area contributed by atoms with Gasteiger partial charge in [-0.25, -0.2) is 5.01 Å². The van der Waals surface area contributed by atoms with Crippen molar-refractivity contribution in [3.63, 3.8) is 0 Å². The van der Waals surface area contributed by atoms with Gasteiger partial charge in [-0.3, -0.25) is 9.59 Å². The molecule has 2 aliphatic rings. The highest BCUT2D eigenvalue weighted by Gasteiger charge is 2.30. The third-order valence-corrected chi connectivity index (χ3v) is 6.05. The molecule has 1 fully saturated rings. The second kappa shape index (κ2) is 8.91. The molecule has 0 spiro atoms. The number of hydrazone groups is 1. The van der Waals surface area contributed by atoms with Gasteiger partial charge in [-0.15, -0.1) is 0 Å². The van der Waals surface area contributed by atoms with Gasteiger partial charge in [0.05, 0.1) is 18.3 Å². The molecule has 5 nitrogen and oxygen atoms in total. The summed E-state index contributed by atoms with van der Waals surface area (Å²) < 4.78 is 1.02. The van der Waals surface area contributed by atoms with E-state index in [1.54, 1.807) is 0 Å². The van der Waals surface area contributed by atoms with Crippen LogP contribution in [0.3, 0.4) is 0 Å². The maximum atomic E-state index is 12.8. The fourth-order valence-corrected chi connectivity index (χ4v) is 4.50. The fourth-order valence-electron chi connectivity index (χ4n) is 4.08. The average molecular weight is 454 g/mol. The molecule has 150 valence electrons. The molecule has 1 saturated heterocycles. The number of carbonyl (C=O) groups excluding carboxylic acids is 2. The van der Waals surface area contributed by atoms with Crippen molar-refractivity contribution in [3.05, 3.63) is 70.2 Å². The van der Waals surface area contributed by atoms with E-state index in [1.165, 1.54) is 5.01 Å². The summed E-state index contributed by atoms with van der Waals surface area (Å²) in [5.41, 5.74) is 3.13. The number of rotatable bonds is 5. The molecule has 2 aliphatic heterocycles. The van der Waals surface area contributed by atoms with Gasteiger partial charge in [0, 0.05) is 30.3 Å². The standard InChI is InChI=1S/C23H24BrN3O2/c24-19-9-4-8-18(16-19)21-10-5-14-26(21)22(28)11-12-23(29)27-15-13-20(25-27)17-6-2-1-3-7-17/h1-4,6-9,16,21H,5,10-15H2. The minimum Gasteiger partial charge on any atom is -0.336 e. The number of benzene rings is 2. The number of hydrogen-bond donors (Lipinski definition) is 0. The van der Waals surface area contributed by atoms with E-state index in [1.807, 2.05) is 47.4 Å². The molecule has 2 aromatic carbocycles. The lowest BCUT2D eigenvalue weighted by molar-refractivity contribution is -0.137. The van der Waals surface area contributed by atoms with Gasteiger partial charge in [0.15, 0.2) is 0 Å². The molecule has 0 aromatic heterocycles. The number of nitrogens with zero attached hydrogens (tertiary/aromatic N) is 3. The Bertz CT molecular complexity index is 929. The summed E-state index contributed by atoms with van der Waals surface area (Å²) in [6.45, 7) is 1.34. The average Bonchev–Trinajstić information content (AvgIpc) is 3.42. The largest absolute Gasteiger partial charge is 0.336 e. The Hall–Kier alpha value is -2.47. The Morgan fingerprint density at radius 3 is 2.59 bits per heavy atom. The van der Waals surface area contributed by atoms with Gasteiger partial charge < -0.3 is 4.90 Å². The molecule has 0 aliphatic carbocycles. The minimum atomic E-state index is -0.0810. The van der Waals surface area contributed by atoms with Crippen LogP contribution in [0.1, 0.15) is 49.3 Å². The topological polar surface area (TPSA) is 53.0 Å². The molecular weight excluding hydrogens is 430 g/mol. The first-order chi connectivity index (χ1) is 14.1. The summed E-state index contributed by atoms with van der Waals surface area (Å²) in [6.07, 6.45) is 3.14. The van der Waals surface area contributed by atoms with Crippen LogP contribution in [0.25, 0.3) is 0 Å². The third kappa shape index (κ3) is 4.58. The second-order valence-electron chi connectivity index (χ2n) is 7.48. The van der Waals surface area contributed by atoms with Crippen LogP contribution in [-0.2, 0) is 9.59 Å². The molecule has 6 heteroatoms.